The Morgan fingerprint density at radius 3 is 2.28 bits per heavy atom. The first-order valence-electron chi connectivity index (χ1n) is 15.7. The Morgan fingerprint density at radius 1 is 0.936 bits per heavy atom. The minimum atomic E-state index is -4.83. The Hall–Kier alpha value is -4.16. The highest BCUT2D eigenvalue weighted by molar-refractivity contribution is 5.97. The summed E-state index contributed by atoms with van der Waals surface area (Å²) >= 11 is 0. The number of amides is 2. The Bertz CT molecular complexity index is 1530. The molecule has 2 amide bonds. The van der Waals surface area contributed by atoms with Crippen LogP contribution in [0.3, 0.4) is 0 Å². The van der Waals surface area contributed by atoms with Crippen molar-refractivity contribution in [3.63, 3.8) is 0 Å². The third-order valence-corrected chi connectivity index (χ3v) is 9.01. The zero-order chi connectivity index (χ0) is 33.8. The topological polar surface area (TPSA) is 75.6 Å². The summed E-state index contributed by atoms with van der Waals surface area (Å²) in [5, 5.41) is 0. The van der Waals surface area contributed by atoms with E-state index in [0.717, 1.165) is 54.8 Å². The molecule has 2 aliphatic rings. The number of pyridine rings is 2. The number of hydrogen-bond acceptors (Lipinski definition) is 5. The highest BCUT2D eigenvalue weighted by Gasteiger charge is 2.56. The van der Waals surface area contributed by atoms with Crippen LogP contribution in [0.1, 0.15) is 72.6 Å². The summed E-state index contributed by atoms with van der Waals surface area (Å²) in [4.78, 5) is 39.7. The van der Waals surface area contributed by atoms with Gasteiger partial charge in [0.05, 0.1) is 22.7 Å². The van der Waals surface area contributed by atoms with Crippen LogP contribution < -0.4 is 4.74 Å². The van der Waals surface area contributed by atoms with Crippen molar-refractivity contribution in [2.45, 2.75) is 75.9 Å². The van der Waals surface area contributed by atoms with E-state index in [1.54, 1.807) is 11.1 Å². The number of ether oxygens (including phenoxy) is 1. The molecule has 2 aliphatic heterocycles. The molecule has 3 aromatic rings. The number of nitrogens with zero attached hydrogens (tertiary/aromatic N) is 4. The van der Waals surface area contributed by atoms with Gasteiger partial charge in [0.25, 0.3) is 11.8 Å². The van der Waals surface area contributed by atoms with Crippen molar-refractivity contribution in [1.29, 1.82) is 0 Å². The number of carbonyl (C=O) groups excluding carboxylic acids is 2. The van der Waals surface area contributed by atoms with Crippen LogP contribution in [-0.4, -0.2) is 62.9 Å². The molecular formula is C34H36F6N4O3. The van der Waals surface area contributed by atoms with E-state index in [1.165, 1.54) is 4.90 Å². The zero-order valence-electron chi connectivity index (χ0n) is 25.9. The predicted molar refractivity (Wildman–Crippen MR) is 160 cm³/mol. The molecule has 0 spiro atoms. The molecule has 2 fully saturated rings. The zero-order valence-corrected chi connectivity index (χ0v) is 25.9. The van der Waals surface area contributed by atoms with E-state index in [2.05, 4.69) is 9.97 Å². The summed E-state index contributed by atoms with van der Waals surface area (Å²) < 4.78 is 88.3. The van der Waals surface area contributed by atoms with Crippen LogP contribution in [0, 0.1) is 5.92 Å². The SMILES string of the molecule is CCC[C@H]1N(C(=O)c2cnccc2C(F)(F)F)CCC[C@@]1(Oc1ccc(C(F)(F)F)cc1)C(=O)N1CCC(Cc2ccccn2)CC1. The second kappa shape index (κ2) is 13.9. The van der Waals surface area contributed by atoms with Gasteiger partial charge in [-0.25, -0.2) is 0 Å². The second-order valence-corrected chi connectivity index (χ2v) is 12.1. The van der Waals surface area contributed by atoms with E-state index < -0.39 is 52.5 Å². The van der Waals surface area contributed by atoms with Gasteiger partial charge in [0.1, 0.15) is 5.75 Å². The Kier molecular flexibility index (Phi) is 10.1. The number of alkyl halides is 6. The van der Waals surface area contributed by atoms with Gasteiger partial charge in [-0.3, -0.25) is 19.6 Å². The molecule has 0 N–H and O–H groups in total. The maximum absolute atomic E-state index is 14.7. The van der Waals surface area contributed by atoms with E-state index in [-0.39, 0.29) is 37.5 Å². The van der Waals surface area contributed by atoms with Gasteiger partial charge in [0, 0.05) is 50.3 Å². The molecule has 0 radical (unpaired) electrons. The molecular weight excluding hydrogens is 626 g/mol. The molecule has 4 heterocycles. The lowest BCUT2D eigenvalue weighted by molar-refractivity contribution is -0.160. The van der Waals surface area contributed by atoms with Gasteiger partial charge in [-0.15, -0.1) is 0 Å². The molecule has 1 aromatic carbocycles. The number of carbonyl (C=O) groups is 2. The van der Waals surface area contributed by atoms with Crippen molar-refractivity contribution < 1.29 is 40.7 Å². The van der Waals surface area contributed by atoms with Crippen molar-refractivity contribution >= 4 is 11.8 Å². The first-order chi connectivity index (χ1) is 22.3. The predicted octanol–water partition coefficient (Wildman–Crippen LogP) is 7.22. The number of hydrogen-bond donors (Lipinski definition) is 0. The highest BCUT2D eigenvalue weighted by Crippen LogP contribution is 2.41. The maximum atomic E-state index is 14.7. The number of piperidine rings is 2. The Balaban J connectivity index is 1.49. The highest BCUT2D eigenvalue weighted by atomic mass is 19.4. The van der Waals surface area contributed by atoms with Crippen LogP contribution in [0.15, 0.2) is 67.1 Å². The van der Waals surface area contributed by atoms with Crippen LogP contribution in [-0.2, 0) is 23.6 Å². The van der Waals surface area contributed by atoms with Crippen molar-refractivity contribution in [1.82, 2.24) is 19.8 Å². The lowest BCUT2D eigenvalue weighted by atomic mass is 9.79. The fourth-order valence-corrected chi connectivity index (χ4v) is 6.72. The summed E-state index contributed by atoms with van der Waals surface area (Å²) in [5.74, 6) is -1.12. The largest absolute Gasteiger partial charge is 0.475 e. The molecule has 252 valence electrons. The number of rotatable bonds is 8. The average Bonchev–Trinajstić information content (AvgIpc) is 3.05. The van der Waals surface area contributed by atoms with Gasteiger partial charge in [0.15, 0.2) is 0 Å². The fraction of sp³-hybridized carbons (Fsp3) is 0.471. The van der Waals surface area contributed by atoms with E-state index in [0.29, 0.717) is 32.4 Å². The van der Waals surface area contributed by atoms with Crippen molar-refractivity contribution in [2.24, 2.45) is 5.92 Å². The van der Waals surface area contributed by atoms with Gasteiger partial charge in [-0.2, -0.15) is 26.3 Å². The van der Waals surface area contributed by atoms with E-state index >= 15 is 0 Å². The van der Waals surface area contributed by atoms with Crippen LogP contribution in [0.2, 0.25) is 0 Å². The van der Waals surface area contributed by atoms with Crippen molar-refractivity contribution in [3.8, 4) is 5.75 Å². The summed E-state index contributed by atoms with van der Waals surface area (Å²) in [6, 6.07) is 9.38. The average molecular weight is 663 g/mol. The number of halogens is 6. The first-order valence-corrected chi connectivity index (χ1v) is 15.7. The van der Waals surface area contributed by atoms with Crippen LogP contribution in [0.4, 0.5) is 26.3 Å². The summed E-state index contributed by atoms with van der Waals surface area (Å²) in [6.07, 6.45) is -2.79. The molecule has 2 saturated heterocycles. The van der Waals surface area contributed by atoms with Crippen LogP contribution >= 0.6 is 0 Å². The first kappa shape index (κ1) is 34.2. The van der Waals surface area contributed by atoms with Crippen LogP contribution in [0.5, 0.6) is 5.75 Å². The Labute approximate surface area is 268 Å². The van der Waals surface area contributed by atoms with Crippen LogP contribution in [0.25, 0.3) is 0 Å². The molecule has 0 bridgehead atoms. The molecule has 0 saturated carbocycles. The summed E-state index contributed by atoms with van der Waals surface area (Å²) in [6.45, 7) is 2.64. The van der Waals surface area contributed by atoms with Crippen molar-refractivity contribution in [2.75, 3.05) is 19.6 Å². The minimum absolute atomic E-state index is 0.0100. The molecule has 5 rings (SSSR count). The van der Waals surface area contributed by atoms with Gasteiger partial charge < -0.3 is 14.5 Å². The third kappa shape index (κ3) is 7.54. The lowest BCUT2D eigenvalue weighted by Gasteiger charge is -2.50. The summed E-state index contributed by atoms with van der Waals surface area (Å²) in [7, 11) is 0. The fourth-order valence-electron chi connectivity index (χ4n) is 6.72. The van der Waals surface area contributed by atoms with Gasteiger partial charge in [0.2, 0.25) is 5.60 Å². The molecule has 47 heavy (non-hydrogen) atoms. The third-order valence-electron chi connectivity index (χ3n) is 9.01. The monoisotopic (exact) mass is 662 g/mol. The molecule has 2 aromatic heterocycles. The van der Waals surface area contributed by atoms with E-state index in [9.17, 15) is 35.9 Å². The van der Waals surface area contributed by atoms with E-state index in [1.807, 2.05) is 25.1 Å². The van der Waals surface area contributed by atoms with Gasteiger partial charge >= 0.3 is 12.4 Å². The summed E-state index contributed by atoms with van der Waals surface area (Å²) in [5.41, 5.74) is -3.50. The molecule has 0 unspecified atom stereocenters. The number of benzene rings is 1. The van der Waals surface area contributed by atoms with Crippen molar-refractivity contribution in [3.05, 3.63) is 89.5 Å². The number of aromatic nitrogens is 2. The second-order valence-electron chi connectivity index (χ2n) is 12.1. The standard InChI is InChI=1S/C34H36F6N4O3/c1-2-6-29-32(47-26-10-8-24(9-11-26)33(35,36)37,31(46)43-19-13-23(14-20-43)21-25-7-3-4-16-42-25)15-5-18-44(29)30(45)27-22-41-17-12-28(27)34(38,39)40/h3-4,7-12,16-17,22-23,29H,2,5-6,13-15,18-21H2,1H3/t29-,32+/m1/s1. The van der Waals surface area contributed by atoms with Gasteiger partial charge in [-0.05, 0) is 80.5 Å². The lowest BCUT2D eigenvalue weighted by Crippen LogP contribution is -2.68. The smallest absolute Gasteiger partial charge is 0.417 e. The molecule has 2 atom stereocenters. The number of likely N-dealkylation sites (tertiary alicyclic amines) is 2. The molecule has 7 nitrogen and oxygen atoms in total. The minimum Gasteiger partial charge on any atom is -0.475 e. The van der Waals surface area contributed by atoms with E-state index in [4.69, 9.17) is 4.74 Å². The normalized spacial score (nSPS) is 21.0. The molecule has 0 aliphatic carbocycles. The van der Waals surface area contributed by atoms with Gasteiger partial charge in [-0.1, -0.05) is 19.4 Å². The maximum Gasteiger partial charge on any atom is 0.417 e. The Morgan fingerprint density at radius 2 is 1.66 bits per heavy atom. The quantitative estimate of drug-likeness (QED) is 0.238. The molecule has 13 heteroatoms.